The molecule has 0 aliphatic carbocycles. The number of ether oxygens (including phenoxy) is 1. The van der Waals surface area contributed by atoms with Gasteiger partial charge in [-0.3, -0.25) is 0 Å². The summed E-state index contributed by atoms with van der Waals surface area (Å²) < 4.78 is 5.66. The lowest BCUT2D eigenvalue weighted by molar-refractivity contribution is 0.270. The number of benzene rings is 1. The van der Waals surface area contributed by atoms with E-state index in [9.17, 15) is 0 Å². The Balaban J connectivity index is 2.67. The highest BCUT2D eigenvalue weighted by molar-refractivity contribution is 6.31. The number of allylic oxidation sites excluding steroid dienone is 1. The highest BCUT2D eigenvalue weighted by Crippen LogP contribution is 2.22. The maximum Gasteiger partial charge on any atom is 0.185 e. The van der Waals surface area contributed by atoms with Crippen LogP contribution in [0.4, 0.5) is 0 Å². The van der Waals surface area contributed by atoms with E-state index < -0.39 is 0 Å². The molecule has 0 unspecified atom stereocenters. The van der Waals surface area contributed by atoms with Crippen molar-refractivity contribution < 1.29 is 4.74 Å². The normalized spacial score (nSPS) is 12.9. The topological polar surface area (TPSA) is 24.8 Å². The van der Waals surface area contributed by atoms with Crippen molar-refractivity contribution in [2.24, 2.45) is 4.99 Å². The molecule has 0 spiro atoms. The summed E-state index contributed by atoms with van der Waals surface area (Å²) in [7, 11) is 4.11. The first-order valence-corrected chi connectivity index (χ1v) is 7.57. The summed E-state index contributed by atoms with van der Waals surface area (Å²) in [4.78, 5) is 6.69. The van der Waals surface area contributed by atoms with Crippen molar-refractivity contribution in [3.63, 3.8) is 0 Å². The summed E-state index contributed by atoms with van der Waals surface area (Å²) >= 11 is 6.06. The van der Waals surface area contributed by atoms with Crippen molar-refractivity contribution in [1.29, 1.82) is 0 Å². The van der Waals surface area contributed by atoms with E-state index in [0.29, 0.717) is 12.5 Å². The molecule has 0 saturated heterocycles. The van der Waals surface area contributed by atoms with Crippen LogP contribution in [0, 0.1) is 6.92 Å². The van der Waals surface area contributed by atoms with E-state index in [0.717, 1.165) is 34.8 Å². The molecule has 1 aromatic rings. The Bertz CT molecular complexity index is 522. The minimum atomic E-state index is 0.685. The molecule has 21 heavy (non-hydrogen) atoms. The maximum atomic E-state index is 6.06. The monoisotopic (exact) mass is 308 g/mol. The number of halogens is 1. The molecule has 0 heterocycles. The molecule has 0 amide bonds. The van der Waals surface area contributed by atoms with Gasteiger partial charge in [-0.15, -0.1) is 0 Å². The fraction of sp³-hybridized carbons (Fsp3) is 0.471. The third-order valence-electron chi connectivity index (χ3n) is 3.07. The van der Waals surface area contributed by atoms with E-state index in [4.69, 9.17) is 16.3 Å². The SMILES string of the molecule is C/C=C(\N=C(/C)OCCCN(C)C)c1ccc(Cl)c(C)c1. The highest BCUT2D eigenvalue weighted by atomic mass is 35.5. The summed E-state index contributed by atoms with van der Waals surface area (Å²) in [6.45, 7) is 7.56. The van der Waals surface area contributed by atoms with Gasteiger partial charge in [0.05, 0.1) is 12.3 Å². The zero-order valence-electron chi connectivity index (χ0n) is 13.6. The molecule has 0 aliphatic rings. The third kappa shape index (κ3) is 6.32. The summed E-state index contributed by atoms with van der Waals surface area (Å²) in [6.07, 6.45) is 2.97. The lowest BCUT2D eigenvalue weighted by atomic mass is 10.1. The molecule has 0 bridgehead atoms. The zero-order chi connectivity index (χ0) is 15.8. The smallest absolute Gasteiger partial charge is 0.185 e. The molecule has 0 atom stereocenters. The van der Waals surface area contributed by atoms with Crippen molar-refractivity contribution in [3.05, 3.63) is 40.4 Å². The molecule has 3 nitrogen and oxygen atoms in total. The van der Waals surface area contributed by atoms with Gasteiger partial charge in [0.1, 0.15) is 0 Å². The number of rotatable bonds is 6. The summed E-state index contributed by atoms with van der Waals surface area (Å²) in [5, 5.41) is 0.773. The Kier molecular flexibility index (Phi) is 7.48. The van der Waals surface area contributed by atoms with E-state index in [2.05, 4.69) is 24.0 Å². The van der Waals surface area contributed by atoms with Crippen LogP contribution >= 0.6 is 11.6 Å². The quantitative estimate of drug-likeness (QED) is 0.442. The van der Waals surface area contributed by atoms with Crippen molar-refractivity contribution in [3.8, 4) is 0 Å². The molecule has 0 saturated carbocycles. The maximum absolute atomic E-state index is 6.06. The summed E-state index contributed by atoms with van der Waals surface area (Å²) in [5.74, 6) is 0.689. The zero-order valence-corrected chi connectivity index (χ0v) is 14.4. The second-order valence-corrected chi connectivity index (χ2v) is 5.68. The van der Waals surface area contributed by atoms with Crippen molar-refractivity contribution in [1.82, 2.24) is 4.90 Å². The second kappa shape index (κ2) is 8.85. The van der Waals surface area contributed by atoms with Crippen LogP contribution in [0.25, 0.3) is 5.70 Å². The molecule has 0 radical (unpaired) electrons. The Morgan fingerprint density at radius 3 is 2.67 bits per heavy atom. The van der Waals surface area contributed by atoms with E-state index in [1.165, 1.54) is 0 Å². The average molecular weight is 309 g/mol. The van der Waals surface area contributed by atoms with Crippen LogP contribution in [0.3, 0.4) is 0 Å². The standard InChI is InChI=1S/C17H25ClN2O/c1-6-17(15-8-9-16(18)13(2)12-15)19-14(3)21-11-7-10-20(4)5/h6,8-9,12H,7,10-11H2,1-5H3/b17-6-,19-14+. The molecule has 0 fully saturated rings. The molecule has 1 rings (SSSR count). The largest absolute Gasteiger partial charge is 0.481 e. The molecule has 0 aliphatic heterocycles. The summed E-state index contributed by atoms with van der Waals surface area (Å²) in [6, 6.07) is 5.92. The first-order chi connectivity index (χ1) is 9.93. The molecular formula is C17H25ClN2O. The van der Waals surface area contributed by atoms with Gasteiger partial charge in [0.2, 0.25) is 0 Å². The second-order valence-electron chi connectivity index (χ2n) is 5.27. The fourth-order valence-corrected chi connectivity index (χ4v) is 2.02. The van der Waals surface area contributed by atoms with Crippen molar-refractivity contribution >= 4 is 23.2 Å². The van der Waals surface area contributed by atoms with Gasteiger partial charge in [-0.1, -0.05) is 23.7 Å². The first kappa shape index (κ1) is 17.7. The Morgan fingerprint density at radius 2 is 2.10 bits per heavy atom. The molecule has 0 N–H and O–H groups in total. The predicted molar refractivity (Wildman–Crippen MR) is 92.1 cm³/mol. The van der Waals surface area contributed by atoms with Gasteiger partial charge < -0.3 is 9.64 Å². The lowest BCUT2D eigenvalue weighted by Crippen LogP contribution is -2.15. The highest BCUT2D eigenvalue weighted by Gasteiger charge is 2.03. The predicted octanol–water partition coefficient (Wildman–Crippen LogP) is 4.40. The number of hydrogen-bond acceptors (Lipinski definition) is 3. The van der Waals surface area contributed by atoms with Crippen LogP contribution in [-0.2, 0) is 4.74 Å². The van der Waals surface area contributed by atoms with Gasteiger partial charge in [-0.05, 0) is 52.1 Å². The molecule has 4 heteroatoms. The van der Waals surface area contributed by atoms with Gasteiger partial charge in [0.15, 0.2) is 5.90 Å². The average Bonchev–Trinajstić information content (AvgIpc) is 2.44. The summed E-state index contributed by atoms with van der Waals surface area (Å²) in [5.41, 5.74) is 3.00. The number of aliphatic imine (C=N–C) groups is 1. The van der Waals surface area contributed by atoms with Crippen LogP contribution in [-0.4, -0.2) is 38.0 Å². The molecule has 116 valence electrons. The van der Waals surface area contributed by atoms with Gasteiger partial charge in [-0.25, -0.2) is 4.99 Å². The number of hydrogen-bond donors (Lipinski definition) is 0. The van der Waals surface area contributed by atoms with E-state index in [-0.39, 0.29) is 0 Å². The van der Waals surface area contributed by atoms with Crippen LogP contribution < -0.4 is 0 Å². The van der Waals surface area contributed by atoms with Crippen LogP contribution in [0.2, 0.25) is 5.02 Å². The Hall–Kier alpha value is -1.32. The molecule has 1 aromatic carbocycles. The van der Waals surface area contributed by atoms with Gasteiger partial charge in [0.25, 0.3) is 0 Å². The van der Waals surface area contributed by atoms with E-state index in [1.54, 1.807) is 0 Å². The van der Waals surface area contributed by atoms with Gasteiger partial charge in [0, 0.05) is 24.1 Å². The Labute approximate surface area is 133 Å². The van der Waals surface area contributed by atoms with Crippen LogP contribution in [0.5, 0.6) is 0 Å². The third-order valence-corrected chi connectivity index (χ3v) is 3.49. The van der Waals surface area contributed by atoms with Crippen LogP contribution in [0.15, 0.2) is 29.3 Å². The van der Waals surface area contributed by atoms with Crippen molar-refractivity contribution in [2.75, 3.05) is 27.2 Å². The minimum Gasteiger partial charge on any atom is -0.481 e. The lowest BCUT2D eigenvalue weighted by Gasteiger charge is -2.11. The van der Waals surface area contributed by atoms with Crippen molar-refractivity contribution in [2.45, 2.75) is 27.2 Å². The molecular weight excluding hydrogens is 284 g/mol. The van der Waals surface area contributed by atoms with E-state index in [1.807, 2.05) is 45.0 Å². The minimum absolute atomic E-state index is 0.685. The molecule has 0 aromatic heterocycles. The van der Waals surface area contributed by atoms with E-state index >= 15 is 0 Å². The fourth-order valence-electron chi connectivity index (χ4n) is 1.90. The number of nitrogens with zero attached hydrogens (tertiary/aromatic N) is 2. The first-order valence-electron chi connectivity index (χ1n) is 7.19. The number of aryl methyl sites for hydroxylation is 1. The van der Waals surface area contributed by atoms with Crippen LogP contribution in [0.1, 0.15) is 31.4 Å². The van der Waals surface area contributed by atoms with Gasteiger partial charge in [-0.2, -0.15) is 0 Å². The Morgan fingerprint density at radius 1 is 1.38 bits per heavy atom. The van der Waals surface area contributed by atoms with Gasteiger partial charge >= 0.3 is 0 Å².